The van der Waals surface area contributed by atoms with Crippen molar-refractivity contribution in [1.82, 2.24) is 19.7 Å². The molecule has 1 aliphatic heterocycles. The first-order valence-electron chi connectivity index (χ1n) is 13.2. The Morgan fingerprint density at radius 2 is 1.86 bits per heavy atom. The number of benzene rings is 1. The summed E-state index contributed by atoms with van der Waals surface area (Å²) in [6.07, 6.45) is 3.32. The van der Waals surface area contributed by atoms with Crippen LogP contribution in [0, 0.1) is 6.92 Å². The van der Waals surface area contributed by atoms with Crippen molar-refractivity contribution in [2.75, 3.05) is 32.9 Å². The Morgan fingerprint density at radius 1 is 1.14 bits per heavy atom. The highest BCUT2D eigenvalue weighted by atomic mass is 19.3. The van der Waals surface area contributed by atoms with Crippen LogP contribution < -0.4 is 5.56 Å². The van der Waals surface area contributed by atoms with Gasteiger partial charge in [-0.05, 0) is 57.2 Å². The van der Waals surface area contributed by atoms with Gasteiger partial charge in [0.05, 0.1) is 48.0 Å². The van der Waals surface area contributed by atoms with Crippen molar-refractivity contribution in [1.29, 1.82) is 0 Å². The summed E-state index contributed by atoms with van der Waals surface area (Å²) in [7, 11) is 0. The van der Waals surface area contributed by atoms with Gasteiger partial charge in [0.25, 0.3) is 11.5 Å². The fourth-order valence-electron chi connectivity index (χ4n) is 5.58. The van der Waals surface area contributed by atoms with Gasteiger partial charge in [-0.15, -0.1) is 0 Å². The molecule has 3 aromatic rings. The van der Waals surface area contributed by atoms with Crippen LogP contribution in [0.5, 0.6) is 0 Å². The van der Waals surface area contributed by atoms with E-state index in [9.17, 15) is 18.4 Å². The highest BCUT2D eigenvalue weighted by Crippen LogP contribution is 2.40. The number of aromatic amines is 1. The summed E-state index contributed by atoms with van der Waals surface area (Å²) in [5.74, 6) is -2.72. The minimum absolute atomic E-state index is 0.0603. The molecule has 1 N–H and O–H groups in total. The number of hydrogen-bond acceptors (Lipinski definition) is 5. The number of rotatable bonds is 7. The molecule has 37 heavy (non-hydrogen) atoms. The number of amides is 1. The molecule has 0 spiro atoms. The molecular weight excluding hydrogens is 482 g/mol. The predicted octanol–water partition coefficient (Wildman–Crippen LogP) is 4.59. The highest BCUT2D eigenvalue weighted by Gasteiger charge is 2.36. The molecule has 2 fully saturated rings. The first-order valence-corrected chi connectivity index (χ1v) is 13.2. The van der Waals surface area contributed by atoms with Gasteiger partial charge < -0.3 is 19.4 Å². The molecule has 0 radical (unpaired) electrons. The first-order chi connectivity index (χ1) is 17.8. The van der Waals surface area contributed by atoms with Crippen molar-refractivity contribution in [2.24, 2.45) is 0 Å². The summed E-state index contributed by atoms with van der Waals surface area (Å²) in [5, 5.41) is 5.54. The molecule has 5 rings (SSSR count). The number of ether oxygens (including phenoxy) is 2. The Balaban J connectivity index is 1.42. The van der Waals surface area contributed by atoms with Gasteiger partial charge in [0.1, 0.15) is 0 Å². The van der Waals surface area contributed by atoms with Crippen LogP contribution >= 0.6 is 0 Å². The van der Waals surface area contributed by atoms with Crippen LogP contribution in [0.15, 0.2) is 23.1 Å². The van der Waals surface area contributed by atoms with Crippen LogP contribution in [0.25, 0.3) is 21.8 Å². The van der Waals surface area contributed by atoms with Crippen LogP contribution in [0.2, 0.25) is 0 Å². The summed E-state index contributed by atoms with van der Waals surface area (Å²) < 4.78 is 40.5. The lowest BCUT2D eigenvalue weighted by molar-refractivity contribution is -0.0445. The fraction of sp³-hybridized carbons (Fsp3) is 0.593. The third kappa shape index (κ3) is 5.27. The number of carbonyl (C=O) groups is 1. The highest BCUT2D eigenvalue weighted by molar-refractivity contribution is 6.07. The van der Waals surface area contributed by atoms with Crippen LogP contribution in [0.3, 0.4) is 0 Å². The number of H-pyrrole nitrogens is 1. The van der Waals surface area contributed by atoms with Crippen molar-refractivity contribution in [3.63, 3.8) is 0 Å². The number of alkyl halides is 2. The zero-order valence-corrected chi connectivity index (χ0v) is 21.4. The SMILES string of the molecule is CCOCCOC1CCN(C(=O)c2cc3c(cc2C)[nH]c(=O)c2cnn(C4CCC(F)(F)CC4)c23)CC1. The average molecular weight is 517 g/mol. The van der Waals surface area contributed by atoms with Gasteiger partial charge in [0.15, 0.2) is 0 Å². The molecule has 0 atom stereocenters. The molecule has 2 aliphatic rings. The quantitative estimate of drug-likeness (QED) is 0.464. The third-order valence-electron chi connectivity index (χ3n) is 7.69. The molecule has 1 saturated heterocycles. The number of pyridine rings is 1. The van der Waals surface area contributed by atoms with Gasteiger partial charge >= 0.3 is 0 Å². The topological polar surface area (TPSA) is 89.4 Å². The molecule has 8 nitrogen and oxygen atoms in total. The Labute approximate surface area is 213 Å². The summed E-state index contributed by atoms with van der Waals surface area (Å²) in [5.41, 5.74) is 2.27. The average Bonchev–Trinajstić information content (AvgIpc) is 3.32. The normalized spacial score (nSPS) is 19.2. The van der Waals surface area contributed by atoms with Gasteiger partial charge in [-0.2, -0.15) is 5.10 Å². The van der Waals surface area contributed by atoms with E-state index in [0.717, 1.165) is 18.4 Å². The van der Waals surface area contributed by atoms with Crippen LogP contribution in [-0.2, 0) is 9.47 Å². The lowest BCUT2D eigenvalue weighted by Gasteiger charge is -2.32. The van der Waals surface area contributed by atoms with Crippen LogP contribution in [-0.4, -0.2) is 70.5 Å². The summed E-state index contributed by atoms with van der Waals surface area (Å²) in [4.78, 5) is 31.1. The number of aromatic nitrogens is 3. The van der Waals surface area contributed by atoms with E-state index in [1.807, 2.05) is 30.9 Å². The molecule has 10 heteroatoms. The van der Waals surface area contributed by atoms with E-state index in [2.05, 4.69) is 10.1 Å². The molecule has 1 aliphatic carbocycles. The smallest absolute Gasteiger partial charge is 0.259 e. The maximum absolute atomic E-state index is 13.8. The lowest BCUT2D eigenvalue weighted by Crippen LogP contribution is -2.41. The molecule has 3 heterocycles. The fourth-order valence-corrected chi connectivity index (χ4v) is 5.58. The number of aryl methyl sites for hydroxylation is 1. The van der Waals surface area contributed by atoms with Crippen molar-refractivity contribution in [3.05, 3.63) is 39.8 Å². The second kappa shape index (κ2) is 10.5. The van der Waals surface area contributed by atoms with Gasteiger partial charge in [0, 0.05) is 43.5 Å². The summed E-state index contributed by atoms with van der Waals surface area (Å²) in [6.45, 7) is 6.81. The van der Waals surface area contributed by atoms with Crippen molar-refractivity contribution in [2.45, 2.75) is 70.4 Å². The third-order valence-corrected chi connectivity index (χ3v) is 7.69. The number of fused-ring (bicyclic) bond motifs is 3. The minimum Gasteiger partial charge on any atom is -0.379 e. The van der Waals surface area contributed by atoms with E-state index in [0.29, 0.717) is 60.3 Å². The zero-order valence-electron chi connectivity index (χ0n) is 21.4. The predicted molar refractivity (Wildman–Crippen MR) is 136 cm³/mol. The van der Waals surface area contributed by atoms with E-state index >= 15 is 0 Å². The zero-order chi connectivity index (χ0) is 26.2. The Morgan fingerprint density at radius 3 is 2.57 bits per heavy atom. The maximum atomic E-state index is 13.8. The van der Waals surface area contributed by atoms with E-state index < -0.39 is 5.92 Å². The largest absolute Gasteiger partial charge is 0.379 e. The Bertz CT molecular complexity index is 1330. The number of halogens is 2. The second-order valence-electron chi connectivity index (χ2n) is 10.2. The maximum Gasteiger partial charge on any atom is 0.259 e. The Kier molecular flexibility index (Phi) is 7.31. The van der Waals surface area contributed by atoms with Gasteiger partial charge in [-0.1, -0.05) is 0 Å². The second-order valence-corrected chi connectivity index (χ2v) is 10.2. The van der Waals surface area contributed by atoms with Crippen molar-refractivity contribution < 1.29 is 23.0 Å². The van der Waals surface area contributed by atoms with Crippen molar-refractivity contribution >= 4 is 27.7 Å². The minimum atomic E-state index is -2.66. The molecule has 1 aromatic carbocycles. The molecule has 2 aromatic heterocycles. The van der Waals surface area contributed by atoms with E-state index in [-0.39, 0.29) is 49.3 Å². The number of likely N-dealkylation sites (tertiary alicyclic amines) is 1. The van der Waals surface area contributed by atoms with Crippen LogP contribution in [0.1, 0.15) is 67.4 Å². The van der Waals surface area contributed by atoms with E-state index in [1.165, 1.54) is 6.20 Å². The van der Waals surface area contributed by atoms with E-state index in [1.54, 1.807) is 4.68 Å². The molecule has 1 amide bonds. The monoisotopic (exact) mass is 516 g/mol. The van der Waals surface area contributed by atoms with Crippen molar-refractivity contribution in [3.8, 4) is 0 Å². The van der Waals surface area contributed by atoms with Gasteiger partial charge in [-0.25, -0.2) is 8.78 Å². The molecule has 0 bridgehead atoms. The lowest BCUT2D eigenvalue weighted by atomic mass is 9.92. The van der Waals surface area contributed by atoms with Gasteiger partial charge in [0.2, 0.25) is 5.92 Å². The number of nitrogens with one attached hydrogen (secondary N) is 1. The standard InChI is InChI=1S/C27H34F2N4O4/c1-3-36-12-13-37-19-6-10-32(11-7-19)26(35)20-15-21-23(14-17(20)2)31-25(34)22-16-30-33(24(21)22)18-4-8-27(28,29)9-5-18/h14-16,18-19H,3-13H2,1-2H3,(H,31,34). The van der Waals surface area contributed by atoms with Gasteiger partial charge in [-0.3, -0.25) is 14.3 Å². The Hall–Kier alpha value is -2.85. The molecule has 0 unspecified atom stereocenters. The molecule has 1 saturated carbocycles. The van der Waals surface area contributed by atoms with Crippen LogP contribution in [0.4, 0.5) is 8.78 Å². The number of carbonyl (C=O) groups excluding carboxylic acids is 1. The number of piperidine rings is 1. The summed E-state index contributed by atoms with van der Waals surface area (Å²) in [6, 6.07) is 3.43. The van der Waals surface area contributed by atoms with E-state index in [4.69, 9.17) is 9.47 Å². The molecular formula is C27H34F2N4O4. The summed E-state index contributed by atoms with van der Waals surface area (Å²) >= 11 is 0. The number of hydrogen-bond donors (Lipinski definition) is 1. The number of nitrogens with zero attached hydrogens (tertiary/aromatic N) is 3. The first kappa shape index (κ1) is 25.8. The molecule has 200 valence electrons.